The number of carboxylic acids is 1. The normalized spacial score (nSPS) is 24.5. The van der Waals surface area contributed by atoms with Crippen LogP contribution in [0, 0.1) is 17.2 Å². The van der Waals surface area contributed by atoms with Gasteiger partial charge in [-0.05, 0) is 17.7 Å². The van der Waals surface area contributed by atoms with Crippen molar-refractivity contribution < 1.29 is 23.8 Å². The van der Waals surface area contributed by atoms with Crippen LogP contribution in [0.25, 0.3) is 11.1 Å². The van der Waals surface area contributed by atoms with Crippen LogP contribution in [-0.2, 0) is 9.53 Å². The Morgan fingerprint density at radius 1 is 1.12 bits per heavy atom. The van der Waals surface area contributed by atoms with Crippen molar-refractivity contribution in [3.63, 3.8) is 0 Å². The maximum absolute atomic E-state index is 14.2. The molecular weight excluding hydrogens is 337 g/mol. The Bertz CT molecular complexity index is 884. The zero-order valence-corrected chi connectivity index (χ0v) is 14.0. The van der Waals surface area contributed by atoms with Gasteiger partial charge in [0.15, 0.2) is 0 Å². The third-order valence-electron chi connectivity index (χ3n) is 5.41. The quantitative estimate of drug-likeness (QED) is 0.919. The topological polar surface area (TPSA) is 66.8 Å². The molecule has 2 atom stereocenters. The monoisotopic (exact) mass is 355 g/mol. The van der Waals surface area contributed by atoms with Crippen molar-refractivity contribution in [3.8, 4) is 11.1 Å². The van der Waals surface area contributed by atoms with Crippen LogP contribution >= 0.6 is 0 Å². The number of ether oxygens (including phenoxy) is 1. The largest absolute Gasteiger partial charge is 0.481 e. The lowest BCUT2D eigenvalue weighted by atomic mass is 9.81. The van der Waals surface area contributed by atoms with Gasteiger partial charge in [-0.1, -0.05) is 36.4 Å². The smallest absolute Gasteiger partial charge is 0.314 e. The molecule has 0 aliphatic carbocycles. The first-order chi connectivity index (χ1) is 12.5. The van der Waals surface area contributed by atoms with Crippen LogP contribution < -0.4 is 0 Å². The molecule has 2 aromatic rings. The number of rotatable bonds is 3. The molecule has 134 valence electrons. The number of aliphatic carboxylic acids is 1. The number of hydrogen-bond donors (Lipinski definition) is 1. The summed E-state index contributed by atoms with van der Waals surface area (Å²) < 4.78 is 19.6. The highest BCUT2D eigenvalue weighted by Crippen LogP contribution is 2.42. The fourth-order valence-corrected chi connectivity index (χ4v) is 3.95. The summed E-state index contributed by atoms with van der Waals surface area (Å²) in [6, 6.07) is 13.1. The highest BCUT2D eigenvalue weighted by Gasteiger charge is 2.57. The van der Waals surface area contributed by atoms with Crippen molar-refractivity contribution in [2.75, 3.05) is 26.3 Å². The van der Waals surface area contributed by atoms with E-state index >= 15 is 0 Å². The average molecular weight is 355 g/mol. The predicted octanol–water partition coefficient (Wildman–Crippen LogP) is 2.67. The van der Waals surface area contributed by atoms with E-state index in [2.05, 4.69) is 0 Å². The van der Waals surface area contributed by atoms with E-state index in [1.165, 1.54) is 6.07 Å². The third-order valence-corrected chi connectivity index (χ3v) is 5.41. The Labute approximate surface area is 150 Å². The van der Waals surface area contributed by atoms with Gasteiger partial charge in [-0.3, -0.25) is 9.59 Å². The molecule has 0 spiro atoms. The van der Waals surface area contributed by atoms with Gasteiger partial charge in [0, 0.05) is 30.1 Å². The molecule has 0 saturated carbocycles. The summed E-state index contributed by atoms with van der Waals surface area (Å²) >= 11 is 0. The summed E-state index contributed by atoms with van der Waals surface area (Å²) in [5, 5.41) is 9.65. The Morgan fingerprint density at radius 3 is 2.50 bits per heavy atom. The van der Waals surface area contributed by atoms with Crippen molar-refractivity contribution in [2.24, 2.45) is 11.3 Å². The zero-order valence-electron chi connectivity index (χ0n) is 14.0. The standard InChI is InChI=1S/C20H18FNO4/c21-17-8-4-3-6-15(17)14-5-1-2-7-16(14)18(23)22-9-13-10-26-12-20(13,11-22)19(24)25/h1-8,13H,9-12H2,(H,24,25)/t13-,20-/m1/s1. The van der Waals surface area contributed by atoms with Crippen LogP contribution in [0.3, 0.4) is 0 Å². The Morgan fingerprint density at radius 2 is 1.81 bits per heavy atom. The second-order valence-corrected chi connectivity index (χ2v) is 6.88. The van der Waals surface area contributed by atoms with Gasteiger partial charge >= 0.3 is 5.97 Å². The minimum absolute atomic E-state index is 0.109. The van der Waals surface area contributed by atoms with E-state index in [4.69, 9.17) is 4.74 Å². The van der Waals surface area contributed by atoms with Gasteiger partial charge in [0.25, 0.3) is 5.91 Å². The summed E-state index contributed by atoms with van der Waals surface area (Å²) in [7, 11) is 0. The second kappa shape index (κ2) is 6.21. The van der Waals surface area contributed by atoms with Gasteiger partial charge in [-0.15, -0.1) is 0 Å². The van der Waals surface area contributed by atoms with E-state index in [0.717, 1.165) is 0 Å². The molecule has 4 rings (SSSR count). The maximum Gasteiger partial charge on any atom is 0.314 e. The summed E-state index contributed by atoms with van der Waals surface area (Å²) in [6.07, 6.45) is 0. The van der Waals surface area contributed by atoms with E-state index in [1.807, 2.05) is 0 Å². The van der Waals surface area contributed by atoms with Crippen LogP contribution in [0.4, 0.5) is 4.39 Å². The molecule has 2 aliphatic rings. The van der Waals surface area contributed by atoms with Crippen LogP contribution in [-0.4, -0.2) is 48.2 Å². The number of benzene rings is 2. The molecule has 0 unspecified atom stereocenters. The first kappa shape index (κ1) is 16.7. The van der Waals surface area contributed by atoms with E-state index in [0.29, 0.717) is 29.8 Å². The Kier molecular flexibility index (Phi) is 4.00. The number of carbonyl (C=O) groups is 2. The van der Waals surface area contributed by atoms with Crippen molar-refractivity contribution in [3.05, 3.63) is 59.9 Å². The predicted molar refractivity (Wildman–Crippen MR) is 92.1 cm³/mol. The molecule has 0 aromatic heterocycles. The summed E-state index contributed by atoms with van der Waals surface area (Å²) in [4.78, 5) is 26.4. The van der Waals surface area contributed by atoms with Crippen LogP contribution in [0.5, 0.6) is 0 Å². The molecule has 26 heavy (non-hydrogen) atoms. The van der Waals surface area contributed by atoms with Gasteiger partial charge in [-0.2, -0.15) is 0 Å². The number of likely N-dealkylation sites (tertiary alicyclic amines) is 1. The SMILES string of the molecule is O=C(c1ccccc1-c1ccccc1F)N1C[C@@H]2COC[C@]2(C(=O)O)C1. The zero-order chi connectivity index (χ0) is 18.3. The number of amides is 1. The highest BCUT2D eigenvalue weighted by atomic mass is 19.1. The van der Waals surface area contributed by atoms with E-state index in [9.17, 15) is 19.1 Å². The number of fused-ring (bicyclic) bond motifs is 1. The fourth-order valence-electron chi connectivity index (χ4n) is 3.95. The minimum atomic E-state index is -1.04. The molecular formula is C20H18FNO4. The first-order valence-electron chi connectivity index (χ1n) is 8.47. The van der Waals surface area contributed by atoms with Crippen molar-refractivity contribution in [1.29, 1.82) is 0 Å². The molecule has 0 radical (unpaired) electrons. The molecule has 2 heterocycles. The van der Waals surface area contributed by atoms with E-state index < -0.39 is 17.2 Å². The molecule has 1 N–H and O–H groups in total. The fraction of sp³-hybridized carbons (Fsp3) is 0.300. The molecule has 1 amide bonds. The lowest BCUT2D eigenvalue weighted by Gasteiger charge is -2.22. The van der Waals surface area contributed by atoms with E-state index in [-0.39, 0.29) is 25.0 Å². The van der Waals surface area contributed by atoms with Gasteiger partial charge in [0.2, 0.25) is 0 Å². The van der Waals surface area contributed by atoms with Crippen LogP contribution in [0.2, 0.25) is 0 Å². The van der Waals surface area contributed by atoms with Gasteiger partial charge in [-0.25, -0.2) is 4.39 Å². The second-order valence-electron chi connectivity index (χ2n) is 6.88. The molecule has 5 nitrogen and oxygen atoms in total. The van der Waals surface area contributed by atoms with Crippen LogP contribution in [0.15, 0.2) is 48.5 Å². The molecule has 0 bridgehead atoms. The molecule has 6 heteroatoms. The van der Waals surface area contributed by atoms with Crippen molar-refractivity contribution in [1.82, 2.24) is 4.90 Å². The molecule has 2 fully saturated rings. The highest BCUT2D eigenvalue weighted by molar-refractivity contribution is 6.01. The Hall–Kier alpha value is -2.73. The number of carboxylic acid groups (broad SMARTS) is 1. The average Bonchev–Trinajstić information content (AvgIpc) is 3.20. The van der Waals surface area contributed by atoms with E-state index in [1.54, 1.807) is 47.4 Å². The summed E-state index contributed by atoms with van der Waals surface area (Å²) in [6.45, 7) is 0.894. The summed E-state index contributed by atoms with van der Waals surface area (Å²) in [5.74, 6) is -1.83. The van der Waals surface area contributed by atoms with Gasteiger partial charge < -0.3 is 14.7 Å². The van der Waals surface area contributed by atoms with Crippen molar-refractivity contribution >= 4 is 11.9 Å². The molecule has 2 aromatic carbocycles. The third kappa shape index (κ3) is 2.49. The number of carbonyl (C=O) groups excluding carboxylic acids is 1. The lowest BCUT2D eigenvalue weighted by molar-refractivity contribution is -0.149. The van der Waals surface area contributed by atoms with Gasteiger partial charge in [0.05, 0.1) is 13.2 Å². The number of nitrogens with zero attached hydrogens (tertiary/aromatic N) is 1. The maximum atomic E-state index is 14.2. The first-order valence-corrected chi connectivity index (χ1v) is 8.47. The Balaban J connectivity index is 1.69. The number of hydrogen-bond acceptors (Lipinski definition) is 3. The van der Waals surface area contributed by atoms with Crippen molar-refractivity contribution in [2.45, 2.75) is 0 Å². The van der Waals surface area contributed by atoms with Gasteiger partial charge in [0.1, 0.15) is 11.2 Å². The molecule has 2 saturated heterocycles. The number of halogens is 1. The minimum Gasteiger partial charge on any atom is -0.481 e. The van der Waals surface area contributed by atoms with Crippen LogP contribution in [0.1, 0.15) is 10.4 Å². The molecule has 2 aliphatic heterocycles. The lowest BCUT2D eigenvalue weighted by Crippen LogP contribution is -2.40. The summed E-state index contributed by atoms with van der Waals surface area (Å²) in [5.41, 5.74) is 0.197.